The van der Waals surface area contributed by atoms with Gasteiger partial charge in [0.1, 0.15) is 11.3 Å². The molecule has 1 saturated carbocycles. The SMILES string of the molecule is O=P(O)(O)Cc1ccc(NCc2ccc3c(C(F)(F)F)c(OC4CCC(C(F)(F)F)CC4)ccc3c2)cc1. The van der Waals surface area contributed by atoms with Gasteiger partial charge in [-0.15, -0.1) is 0 Å². The zero-order valence-electron chi connectivity index (χ0n) is 20.0. The molecule has 0 unspecified atom stereocenters. The smallest absolute Gasteiger partial charge is 0.420 e. The lowest BCUT2D eigenvalue weighted by atomic mass is 9.87. The van der Waals surface area contributed by atoms with E-state index in [1.54, 1.807) is 36.4 Å². The molecule has 0 saturated heterocycles. The van der Waals surface area contributed by atoms with E-state index in [2.05, 4.69) is 5.32 Å². The average molecular weight is 561 g/mol. The molecule has 0 aliphatic heterocycles. The first-order valence-corrected chi connectivity index (χ1v) is 13.7. The number of alkyl halides is 6. The molecule has 1 fully saturated rings. The van der Waals surface area contributed by atoms with E-state index in [-0.39, 0.29) is 49.5 Å². The molecule has 4 rings (SSSR count). The van der Waals surface area contributed by atoms with Crippen LogP contribution >= 0.6 is 7.60 Å². The van der Waals surface area contributed by atoms with Gasteiger partial charge in [-0.05, 0) is 71.8 Å². The Kier molecular flexibility index (Phi) is 8.02. The molecule has 206 valence electrons. The lowest BCUT2D eigenvalue weighted by Gasteiger charge is -2.31. The molecule has 0 amide bonds. The van der Waals surface area contributed by atoms with Crippen LogP contribution in [0.2, 0.25) is 0 Å². The Hall–Kier alpha value is -2.75. The van der Waals surface area contributed by atoms with Crippen molar-refractivity contribution in [3.05, 3.63) is 71.3 Å². The molecule has 3 aromatic carbocycles. The van der Waals surface area contributed by atoms with Gasteiger partial charge >= 0.3 is 19.9 Å². The number of anilines is 1. The van der Waals surface area contributed by atoms with Gasteiger partial charge in [0.25, 0.3) is 0 Å². The van der Waals surface area contributed by atoms with Gasteiger partial charge < -0.3 is 19.8 Å². The maximum atomic E-state index is 14.1. The first-order valence-electron chi connectivity index (χ1n) is 11.9. The quantitative estimate of drug-likeness (QED) is 0.204. The molecule has 0 atom stereocenters. The van der Waals surface area contributed by atoms with Crippen molar-refractivity contribution in [1.82, 2.24) is 0 Å². The summed E-state index contributed by atoms with van der Waals surface area (Å²) in [6.07, 6.45) is -10.4. The normalized spacial score (nSPS) is 18.9. The number of nitrogens with one attached hydrogen (secondary N) is 1. The van der Waals surface area contributed by atoms with Gasteiger partial charge in [0.2, 0.25) is 0 Å². The minimum atomic E-state index is -4.73. The van der Waals surface area contributed by atoms with E-state index >= 15 is 0 Å². The standard InChI is InChI=1S/C26H26F6NO4P/c27-25(28,29)19-5-9-21(10-6-19)37-23-12-4-18-13-17(3-11-22(18)24(23)26(30,31)32)14-33-20-7-1-16(2-8-20)15-38(34,35)36/h1-4,7-8,11-13,19,21,33H,5-6,9-10,14-15H2,(H2,34,35,36). The van der Waals surface area contributed by atoms with Crippen LogP contribution in [0.3, 0.4) is 0 Å². The lowest BCUT2D eigenvalue weighted by Crippen LogP contribution is -2.32. The lowest BCUT2D eigenvalue weighted by molar-refractivity contribution is -0.185. The first kappa shape index (κ1) is 28.3. The van der Waals surface area contributed by atoms with Gasteiger partial charge in [-0.1, -0.05) is 30.3 Å². The Balaban J connectivity index is 1.48. The average Bonchev–Trinajstić information content (AvgIpc) is 2.81. The van der Waals surface area contributed by atoms with Crippen molar-refractivity contribution in [2.45, 2.75) is 56.8 Å². The highest BCUT2D eigenvalue weighted by Gasteiger charge is 2.42. The third kappa shape index (κ3) is 7.21. The van der Waals surface area contributed by atoms with Crippen LogP contribution in [0.4, 0.5) is 32.0 Å². The van der Waals surface area contributed by atoms with E-state index in [1.165, 1.54) is 18.2 Å². The molecule has 1 aliphatic rings. The molecule has 0 heterocycles. The van der Waals surface area contributed by atoms with Gasteiger partial charge in [0.05, 0.1) is 18.2 Å². The molecular formula is C26H26F6NO4P. The van der Waals surface area contributed by atoms with E-state index in [9.17, 15) is 30.9 Å². The monoisotopic (exact) mass is 561 g/mol. The van der Waals surface area contributed by atoms with Gasteiger partial charge in [-0.25, -0.2) is 0 Å². The molecule has 3 aromatic rings. The molecule has 0 spiro atoms. The Morgan fingerprint density at radius 2 is 1.50 bits per heavy atom. The summed E-state index contributed by atoms with van der Waals surface area (Å²) in [5.74, 6) is -1.84. The molecule has 12 heteroatoms. The minimum Gasteiger partial charge on any atom is -0.490 e. The minimum absolute atomic E-state index is 0.0322. The molecule has 3 N–H and O–H groups in total. The number of hydrogen-bond donors (Lipinski definition) is 3. The molecule has 0 bridgehead atoms. The van der Waals surface area contributed by atoms with Gasteiger partial charge in [-0.3, -0.25) is 4.57 Å². The predicted molar refractivity (Wildman–Crippen MR) is 131 cm³/mol. The van der Waals surface area contributed by atoms with Crippen LogP contribution in [0, 0.1) is 5.92 Å². The van der Waals surface area contributed by atoms with Crippen LogP contribution in [0.15, 0.2) is 54.6 Å². The van der Waals surface area contributed by atoms with Crippen molar-refractivity contribution >= 4 is 24.1 Å². The third-order valence-electron chi connectivity index (χ3n) is 6.60. The van der Waals surface area contributed by atoms with Crippen molar-refractivity contribution in [3.8, 4) is 5.75 Å². The maximum absolute atomic E-state index is 14.1. The third-order valence-corrected chi connectivity index (χ3v) is 7.38. The highest BCUT2D eigenvalue weighted by molar-refractivity contribution is 7.50. The fraction of sp³-hybridized carbons (Fsp3) is 0.385. The van der Waals surface area contributed by atoms with Crippen LogP contribution in [-0.2, 0) is 23.4 Å². The van der Waals surface area contributed by atoms with Crippen LogP contribution in [0.1, 0.15) is 42.4 Å². The first-order chi connectivity index (χ1) is 17.7. The van der Waals surface area contributed by atoms with Crippen molar-refractivity contribution in [1.29, 1.82) is 0 Å². The number of ether oxygens (including phenoxy) is 1. The van der Waals surface area contributed by atoms with E-state index in [1.807, 2.05) is 0 Å². The Morgan fingerprint density at radius 1 is 0.868 bits per heavy atom. The number of fused-ring (bicyclic) bond motifs is 1. The number of rotatable bonds is 7. The van der Waals surface area contributed by atoms with Crippen LogP contribution in [0.5, 0.6) is 5.75 Å². The Labute approximate surface area is 215 Å². The predicted octanol–water partition coefficient (Wildman–Crippen LogP) is 7.65. The zero-order valence-corrected chi connectivity index (χ0v) is 20.9. The summed E-state index contributed by atoms with van der Waals surface area (Å²) in [7, 11) is -4.18. The van der Waals surface area contributed by atoms with Gasteiger partial charge in [0.15, 0.2) is 0 Å². The second kappa shape index (κ2) is 10.8. The van der Waals surface area contributed by atoms with E-state index in [0.29, 0.717) is 22.2 Å². The van der Waals surface area contributed by atoms with Crippen LogP contribution in [0.25, 0.3) is 10.8 Å². The maximum Gasteiger partial charge on any atom is 0.420 e. The van der Waals surface area contributed by atoms with E-state index in [0.717, 1.165) is 0 Å². The summed E-state index contributed by atoms with van der Waals surface area (Å²) in [6, 6.07) is 13.7. The number of hydrogen-bond acceptors (Lipinski definition) is 3. The molecule has 1 aliphatic carbocycles. The second-order valence-corrected chi connectivity index (χ2v) is 11.1. The number of halogens is 6. The molecule has 0 radical (unpaired) electrons. The van der Waals surface area contributed by atoms with Crippen molar-refractivity contribution in [3.63, 3.8) is 0 Å². The molecule has 0 aromatic heterocycles. The van der Waals surface area contributed by atoms with E-state index in [4.69, 9.17) is 14.5 Å². The Morgan fingerprint density at radius 3 is 2.08 bits per heavy atom. The van der Waals surface area contributed by atoms with Crippen molar-refractivity contribution in [2.75, 3.05) is 5.32 Å². The van der Waals surface area contributed by atoms with Crippen LogP contribution < -0.4 is 10.1 Å². The summed E-state index contributed by atoms with van der Waals surface area (Å²) in [4.78, 5) is 18.1. The number of benzene rings is 3. The largest absolute Gasteiger partial charge is 0.490 e. The summed E-state index contributed by atoms with van der Waals surface area (Å²) < 4.78 is 97.7. The summed E-state index contributed by atoms with van der Waals surface area (Å²) in [5.41, 5.74) is 0.886. The van der Waals surface area contributed by atoms with Gasteiger partial charge in [0, 0.05) is 12.2 Å². The summed E-state index contributed by atoms with van der Waals surface area (Å²) in [5, 5.41) is 3.39. The van der Waals surface area contributed by atoms with E-state index < -0.39 is 37.5 Å². The van der Waals surface area contributed by atoms with Crippen LogP contribution in [-0.4, -0.2) is 22.1 Å². The second-order valence-electron chi connectivity index (χ2n) is 9.50. The van der Waals surface area contributed by atoms with Gasteiger partial charge in [-0.2, -0.15) is 26.3 Å². The highest BCUT2D eigenvalue weighted by atomic mass is 31.2. The molecular weight excluding hydrogens is 535 g/mol. The fourth-order valence-electron chi connectivity index (χ4n) is 4.72. The molecule has 5 nitrogen and oxygen atoms in total. The summed E-state index contributed by atoms with van der Waals surface area (Å²) in [6.45, 7) is 0.288. The van der Waals surface area contributed by atoms with Crippen molar-refractivity contribution < 1.29 is 45.4 Å². The topological polar surface area (TPSA) is 78.8 Å². The fourth-order valence-corrected chi connectivity index (χ4v) is 5.40. The molecule has 38 heavy (non-hydrogen) atoms. The highest BCUT2D eigenvalue weighted by Crippen LogP contribution is 2.44. The zero-order chi connectivity index (χ0) is 27.7. The van der Waals surface area contributed by atoms with Crippen molar-refractivity contribution in [2.24, 2.45) is 5.92 Å². The summed E-state index contributed by atoms with van der Waals surface area (Å²) >= 11 is 0. The Bertz CT molecular complexity index is 1310.